The van der Waals surface area contributed by atoms with E-state index in [0.29, 0.717) is 38.2 Å². The monoisotopic (exact) mass is 414 g/mol. The van der Waals surface area contributed by atoms with Crippen LogP contribution >= 0.6 is 0 Å². The van der Waals surface area contributed by atoms with Crippen LogP contribution in [0.15, 0.2) is 18.3 Å². The molecule has 160 valence electrons. The van der Waals surface area contributed by atoms with Gasteiger partial charge in [0.15, 0.2) is 0 Å². The number of hydrogen-bond donors (Lipinski definition) is 1. The third-order valence-electron chi connectivity index (χ3n) is 5.06. The van der Waals surface area contributed by atoms with E-state index in [-0.39, 0.29) is 12.5 Å². The summed E-state index contributed by atoms with van der Waals surface area (Å²) in [5, 5.41) is 3.23. The zero-order chi connectivity index (χ0) is 21.4. The van der Waals surface area contributed by atoms with E-state index in [2.05, 4.69) is 10.3 Å². The number of alkyl halides is 3. The fourth-order valence-electron chi connectivity index (χ4n) is 3.52. The molecule has 0 aliphatic carbocycles. The Hall–Kier alpha value is -2.36. The number of carbonyl (C=O) groups is 2. The van der Waals surface area contributed by atoms with Crippen LogP contribution in [0.2, 0.25) is 0 Å². The lowest BCUT2D eigenvalue weighted by Crippen LogP contribution is -2.56. The van der Waals surface area contributed by atoms with Crippen molar-refractivity contribution in [3.8, 4) is 0 Å². The molecule has 0 aromatic carbocycles. The molecule has 2 saturated heterocycles. The Morgan fingerprint density at radius 2 is 1.90 bits per heavy atom. The van der Waals surface area contributed by atoms with E-state index in [0.717, 1.165) is 12.3 Å². The first-order valence-electron chi connectivity index (χ1n) is 9.44. The van der Waals surface area contributed by atoms with Crippen LogP contribution < -0.4 is 5.32 Å². The number of nitrogens with zero attached hydrogens (tertiary/aromatic N) is 3. The van der Waals surface area contributed by atoms with Crippen molar-refractivity contribution >= 4 is 12.0 Å². The summed E-state index contributed by atoms with van der Waals surface area (Å²) < 4.78 is 43.3. The van der Waals surface area contributed by atoms with E-state index >= 15 is 0 Å². The van der Waals surface area contributed by atoms with Gasteiger partial charge in [0.05, 0.1) is 6.67 Å². The van der Waals surface area contributed by atoms with E-state index in [1.807, 2.05) is 0 Å². The zero-order valence-corrected chi connectivity index (χ0v) is 16.7. The van der Waals surface area contributed by atoms with Gasteiger partial charge in [-0.2, -0.15) is 13.2 Å². The maximum atomic E-state index is 12.9. The SMILES string of the molecule is CC(C)(C)OC(=O)N1CCC2(CC1)NCN(Cc1ccc(C(F)(F)F)nc1)C2=O. The molecule has 3 rings (SSSR count). The number of aromatic nitrogens is 1. The second-order valence-electron chi connectivity index (χ2n) is 8.44. The van der Waals surface area contributed by atoms with Gasteiger partial charge in [-0.1, -0.05) is 6.07 Å². The van der Waals surface area contributed by atoms with Crippen LogP contribution in [0.4, 0.5) is 18.0 Å². The molecule has 0 atom stereocenters. The first-order valence-corrected chi connectivity index (χ1v) is 9.44. The number of carbonyl (C=O) groups excluding carboxylic acids is 2. The van der Waals surface area contributed by atoms with Gasteiger partial charge >= 0.3 is 12.3 Å². The number of pyridine rings is 1. The molecule has 1 spiro atoms. The quantitative estimate of drug-likeness (QED) is 0.806. The fourth-order valence-corrected chi connectivity index (χ4v) is 3.52. The topological polar surface area (TPSA) is 74.8 Å². The molecule has 0 saturated carbocycles. The first kappa shape index (κ1) is 21.4. The minimum absolute atomic E-state index is 0.110. The fraction of sp³-hybridized carbons (Fsp3) is 0.632. The molecule has 0 bridgehead atoms. The minimum atomic E-state index is -4.49. The van der Waals surface area contributed by atoms with Crippen LogP contribution in [0.1, 0.15) is 44.9 Å². The summed E-state index contributed by atoms with van der Waals surface area (Å²) in [6, 6.07) is 2.25. The molecule has 7 nitrogen and oxygen atoms in total. The van der Waals surface area contributed by atoms with Crippen molar-refractivity contribution in [2.75, 3.05) is 19.8 Å². The lowest BCUT2D eigenvalue weighted by molar-refractivity contribution is -0.141. The van der Waals surface area contributed by atoms with E-state index in [1.165, 1.54) is 6.07 Å². The molecular weight excluding hydrogens is 389 g/mol. The highest BCUT2D eigenvalue weighted by atomic mass is 19.4. The van der Waals surface area contributed by atoms with Crippen molar-refractivity contribution in [2.24, 2.45) is 0 Å². The van der Waals surface area contributed by atoms with Gasteiger partial charge in [0.25, 0.3) is 0 Å². The van der Waals surface area contributed by atoms with Crippen molar-refractivity contribution in [2.45, 2.75) is 57.5 Å². The van der Waals surface area contributed by atoms with Crippen molar-refractivity contribution < 1.29 is 27.5 Å². The number of likely N-dealkylation sites (tertiary alicyclic amines) is 1. The number of halogens is 3. The number of nitrogens with one attached hydrogen (secondary N) is 1. The van der Waals surface area contributed by atoms with Crippen LogP contribution in [0.3, 0.4) is 0 Å². The van der Waals surface area contributed by atoms with Crippen molar-refractivity contribution in [3.05, 3.63) is 29.6 Å². The summed E-state index contributed by atoms with van der Waals surface area (Å²) >= 11 is 0. The highest BCUT2D eigenvalue weighted by Gasteiger charge is 2.48. The Balaban J connectivity index is 1.58. The first-order chi connectivity index (χ1) is 13.4. The van der Waals surface area contributed by atoms with Gasteiger partial charge < -0.3 is 14.5 Å². The summed E-state index contributed by atoms with van der Waals surface area (Å²) in [5.74, 6) is -0.110. The van der Waals surface area contributed by atoms with Crippen LogP contribution in [0.25, 0.3) is 0 Å². The van der Waals surface area contributed by atoms with E-state index in [4.69, 9.17) is 4.74 Å². The highest BCUT2D eigenvalue weighted by Crippen LogP contribution is 2.31. The average molecular weight is 414 g/mol. The van der Waals surface area contributed by atoms with Crippen molar-refractivity contribution in [1.82, 2.24) is 20.1 Å². The summed E-state index contributed by atoms with van der Waals surface area (Å²) in [5.41, 5.74) is -1.77. The smallest absolute Gasteiger partial charge is 0.433 e. The number of rotatable bonds is 2. The molecule has 0 unspecified atom stereocenters. The lowest BCUT2D eigenvalue weighted by Gasteiger charge is -2.38. The van der Waals surface area contributed by atoms with Crippen LogP contribution in [-0.4, -0.2) is 57.7 Å². The van der Waals surface area contributed by atoms with Gasteiger partial charge in [0.1, 0.15) is 16.8 Å². The molecule has 3 heterocycles. The van der Waals surface area contributed by atoms with Gasteiger partial charge in [0, 0.05) is 25.8 Å². The highest BCUT2D eigenvalue weighted by molar-refractivity contribution is 5.88. The van der Waals surface area contributed by atoms with Crippen molar-refractivity contribution in [3.63, 3.8) is 0 Å². The Morgan fingerprint density at radius 1 is 1.24 bits per heavy atom. The normalized spacial score (nSPS) is 19.7. The van der Waals surface area contributed by atoms with E-state index in [1.54, 1.807) is 30.6 Å². The molecule has 2 aliphatic heterocycles. The molecule has 29 heavy (non-hydrogen) atoms. The largest absolute Gasteiger partial charge is 0.444 e. The van der Waals surface area contributed by atoms with Gasteiger partial charge in [-0.15, -0.1) is 0 Å². The summed E-state index contributed by atoms with van der Waals surface area (Å²) in [6.45, 7) is 6.65. The maximum Gasteiger partial charge on any atom is 0.433 e. The van der Waals surface area contributed by atoms with Crippen molar-refractivity contribution in [1.29, 1.82) is 0 Å². The number of ether oxygens (including phenoxy) is 1. The molecule has 1 N–H and O–H groups in total. The molecule has 2 fully saturated rings. The molecular formula is C19H25F3N4O3. The summed E-state index contributed by atoms with van der Waals surface area (Å²) in [6.07, 6.45) is -2.84. The van der Waals surface area contributed by atoms with Gasteiger partial charge in [0.2, 0.25) is 5.91 Å². The molecule has 0 radical (unpaired) electrons. The predicted molar refractivity (Wildman–Crippen MR) is 97.6 cm³/mol. The number of amides is 2. The standard InChI is InChI=1S/C19H25F3N4O3/c1-17(2,3)29-16(28)25-8-6-18(7-9-25)15(27)26(12-24-18)11-13-4-5-14(23-10-13)19(20,21)22/h4-5,10,24H,6-9,11-12H2,1-3H3. The average Bonchev–Trinajstić information content (AvgIpc) is 2.90. The van der Waals surface area contributed by atoms with Gasteiger partial charge in [-0.3, -0.25) is 15.1 Å². The molecule has 1 aromatic rings. The number of piperidine rings is 1. The van der Waals surface area contributed by atoms with E-state index < -0.39 is 29.1 Å². The zero-order valence-electron chi connectivity index (χ0n) is 16.7. The van der Waals surface area contributed by atoms with Gasteiger partial charge in [-0.25, -0.2) is 4.79 Å². The van der Waals surface area contributed by atoms with E-state index in [9.17, 15) is 22.8 Å². The van der Waals surface area contributed by atoms with Crippen LogP contribution in [0, 0.1) is 0 Å². The lowest BCUT2D eigenvalue weighted by atomic mass is 9.87. The third-order valence-corrected chi connectivity index (χ3v) is 5.06. The second-order valence-corrected chi connectivity index (χ2v) is 8.44. The molecule has 2 amide bonds. The third kappa shape index (κ3) is 4.80. The number of hydrogen-bond acceptors (Lipinski definition) is 5. The van der Waals surface area contributed by atoms with Crippen LogP contribution in [-0.2, 0) is 22.3 Å². The summed E-state index contributed by atoms with van der Waals surface area (Å²) in [4.78, 5) is 31.7. The Labute approximate surface area is 167 Å². The molecule has 2 aliphatic rings. The molecule has 1 aromatic heterocycles. The Bertz CT molecular complexity index is 766. The second kappa shape index (κ2) is 7.47. The Morgan fingerprint density at radius 3 is 2.41 bits per heavy atom. The van der Waals surface area contributed by atoms with Gasteiger partial charge in [-0.05, 0) is 45.2 Å². The minimum Gasteiger partial charge on any atom is -0.444 e. The van der Waals surface area contributed by atoms with Crippen LogP contribution in [0.5, 0.6) is 0 Å². The predicted octanol–water partition coefficient (Wildman–Crippen LogP) is 2.76. The Kier molecular flexibility index (Phi) is 5.50. The maximum absolute atomic E-state index is 12.9. The molecule has 10 heteroatoms. The summed E-state index contributed by atoms with van der Waals surface area (Å²) in [7, 11) is 0.